The smallest absolute Gasteiger partial charge is 0.342 e. The number of ether oxygens (including phenoxy) is 1. The van der Waals surface area contributed by atoms with Crippen molar-refractivity contribution in [2.75, 3.05) is 32.8 Å². The van der Waals surface area contributed by atoms with Crippen LogP contribution in [0, 0.1) is 10.1 Å². The molecule has 1 aromatic heterocycles. The van der Waals surface area contributed by atoms with Crippen LogP contribution in [0.5, 0.6) is 0 Å². The molecule has 12 heteroatoms. The molecule has 0 unspecified atom stereocenters. The minimum atomic E-state index is -1.17. The van der Waals surface area contributed by atoms with E-state index in [1.165, 1.54) is 12.5 Å². The minimum absolute atomic E-state index is 0.0231. The van der Waals surface area contributed by atoms with Gasteiger partial charge in [0.05, 0.1) is 13.2 Å². The SMILES string of the molecule is N[C@@H](CCC(=O)O)C(=O)O.O=[N+]([O-])c1cncn1CCN1CCOCC1. The van der Waals surface area contributed by atoms with Crippen LogP contribution in [-0.2, 0) is 20.9 Å². The third-order valence-corrected chi connectivity index (χ3v) is 3.62. The number of nitrogens with two attached hydrogens (primary N) is 1. The van der Waals surface area contributed by atoms with Crippen molar-refractivity contribution in [1.82, 2.24) is 14.5 Å². The zero-order valence-electron chi connectivity index (χ0n) is 14.2. The summed E-state index contributed by atoms with van der Waals surface area (Å²) in [4.78, 5) is 36.1. The lowest BCUT2D eigenvalue weighted by Crippen LogP contribution is -2.38. The third-order valence-electron chi connectivity index (χ3n) is 3.62. The number of hydrogen-bond donors (Lipinski definition) is 3. The van der Waals surface area contributed by atoms with Crippen LogP contribution in [0.2, 0.25) is 0 Å². The summed E-state index contributed by atoms with van der Waals surface area (Å²) in [6.07, 6.45) is 2.55. The first kappa shape index (κ1) is 21.5. The van der Waals surface area contributed by atoms with E-state index in [1.54, 1.807) is 4.57 Å². The van der Waals surface area contributed by atoms with Crippen LogP contribution in [0.25, 0.3) is 0 Å². The first-order valence-electron chi connectivity index (χ1n) is 7.96. The summed E-state index contributed by atoms with van der Waals surface area (Å²) in [5, 5.41) is 26.9. The normalized spacial score (nSPS) is 15.6. The van der Waals surface area contributed by atoms with Crippen molar-refractivity contribution in [1.29, 1.82) is 0 Å². The number of aliphatic carboxylic acids is 2. The van der Waals surface area contributed by atoms with Gasteiger partial charge < -0.3 is 30.8 Å². The van der Waals surface area contributed by atoms with Crippen molar-refractivity contribution in [3.8, 4) is 0 Å². The number of carboxylic acid groups (broad SMARTS) is 2. The topological polar surface area (TPSA) is 174 Å². The van der Waals surface area contributed by atoms with E-state index in [-0.39, 0.29) is 18.7 Å². The largest absolute Gasteiger partial charge is 0.481 e. The van der Waals surface area contributed by atoms with Crippen molar-refractivity contribution in [2.45, 2.75) is 25.4 Å². The summed E-state index contributed by atoms with van der Waals surface area (Å²) in [6.45, 7) is 4.65. The summed E-state index contributed by atoms with van der Waals surface area (Å²) < 4.78 is 6.79. The van der Waals surface area contributed by atoms with E-state index >= 15 is 0 Å². The molecule has 1 fully saturated rings. The quantitative estimate of drug-likeness (QED) is 0.393. The Balaban J connectivity index is 0.000000294. The standard InChI is InChI=1S/C9H14N4O3.C5H9NO4/c14-13(15)9-7-10-8-12(9)2-1-11-3-5-16-6-4-11;6-3(5(9)10)1-2-4(7)8/h7-8H,1-6H2;3H,1-2,6H2,(H,7,8)(H,9,10)/t;3-/m.0/s1. The average molecular weight is 373 g/mol. The molecule has 12 nitrogen and oxygen atoms in total. The van der Waals surface area contributed by atoms with Gasteiger partial charge in [-0.3, -0.25) is 14.5 Å². The Kier molecular flexibility index (Phi) is 9.19. The van der Waals surface area contributed by atoms with E-state index < -0.39 is 22.9 Å². The maximum atomic E-state index is 10.6. The van der Waals surface area contributed by atoms with Gasteiger partial charge in [0.25, 0.3) is 0 Å². The molecule has 4 N–H and O–H groups in total. The van der Waals surface area contributed by atoms with Gasteiger partial charge in [-0.15, -0.1) is 0 Å². The molecule has 1 aromatic rings. The van der Waals surface area contributed by atoms with Crippen molar-refractivity contribution >= 4 is 17.8 Å². The maximum absolute atomic E-state index is 10.6. The predicted octanol–water partition coefficient (Wildman–Crippen LogP) is -0.613. The lowest BCUT2D eigenvalue weighted by molar-refractivity contribution is -0.392. The summed E-state index contributed by atoms with van der Waals surface area (Å²) >= 11 is 0. The molecular formula is C14H23N5O7. The molecule has 0 saturated carbocycles. The lowest BCUT2D eigenvalue weighted by atomic mass is 10.2. The maximum Gasteiger partial charge on any atom is 0.342 e. The molecule has 1 saturated heterocycles. The lowest BCUT2D eigenvalue weighted by Gasteiger charge is -2.25. The molecule has 0 aromatic carbocycles. The molecule has 0 aliphatic carbocycles. The summed E-state index contributed by atoms with van der Waals surface area (Å²) in [5.41, 5.74) is 5.00. The van der Waals surface area contributed by atoms with Crippen LogP contribution >= 0.6 is 0 Å². The summed E-state index contributed by atoms with van der Waals surface area (Å²) in [7, 11) is 0. The fourth-order valence-corrected chi connectivity index (χ4v) is 2.11. The number of aromatic nitrogens is 2. The van der Waals surface area contributed by atoms with Gasteiger partial charge in [0.2, 0.25) is 0 Å². The van der Waals surface area contributed by atoms with Crippen LogP contribution < -0.4 is 5.73 Å². The van der Waals surface area contributed by atoms with Gasteiger partial charge in [-0.2, -0.15) is 0 Å². The van der Waals surface area contributed by atoms with Gasteiger partial charge >= 0.3 is 17.8 Å². The van der Waals surface area contributed by atoms with Crippen molar-refractivity contribution in [2.24, 2.45) is 5.73 Å². The molecule has 1 aliphatic heterocycles. The molecular weight excluding hydrogens is 350 g/mol. The van der Waals surface area contributed by atoms with E-state index in [9.17, 15) is 19.7 Å². The number of hydrogen-bond acceptors (Lipinski definition) is 8. The van der Waals surface area contributed by atoms with Crippen LogP contribution in [0.4, 0.5) is 5.82 Å². The van der Waals surface area contributed by atoms with E-state index in [2.05, 4.69) is 9.88 Å². The minimum Gasteiger partial charge on any atom is -0.481 e. The number of nitrogens with zero attached hydrogens (tertiary/aromatic N) is 4. The first-order valence-corrected chi connectivity index (χ1v) is 7.96. The van der Waals surface area contributed by atoms with Crippen LogP contribution in [0.3, 0.4) is 0 Å². The second-order valence-electron chi connectivity index (χ2n) is 5.53. The van der Waals surface area contributed by atoms with E-state index in [0.717, 1.165) is 32.8 Å². The van der Waals surface area contributed by atoms with Gasteiger partial charge in [-0.05, 0) is 11.3 Å². The van der Waals surface area contributed by atoms with Crippen molar-refractivity contribution in [3.05, 3.63) is 22.6 Å². The van der Waals surface area contributed by atoms with Gasteiger partial charge in [-0.25, -0.2) is 9.55 Å². The number of rotatable bonds is 8. The molecule has 0 amide bonds. The fraction of sp³-hybridized carbons (Fsp3) is 0.643. The van der Waals surface area contributed by atoms with Gasteiger partial charge in [0.1, 0.15) is 18.8 Å². The number of imidazole rings is 1. The molecule has 2 heterocycles. The molecule has 146 valence electrons. The Hall–Kier alpha value is -2.57. The Bertz CT molecular complexity index is 600. The Labute approximate surface area is 149 Å². The highest BCUT2D eigenvalue weighted by molar-refractivity contribution is 5.74. The second-order valence-corrected chi connectivity index (χ2v) is 5.53. The monoisotopic (exact) mass is 373 g/mol. The van der Waals surface area contributed by atoms with Crippen molar-refractivity contribution < 1.29 is 29.5 Å². The molecule has 1 aliphatic rings. The fourth-order valence-electron chi connectivity index (χ4n) is 2.11. The molecule has 0 radical (unpaired) electrons. The van der Waals surface area contributed by atoms with E-state index in [1.807, 2.05) is 0 Å². The summed E-state index contributed by atoms with van der Waals surface area (Å²) in [5.74, 6) is -2.15. The molecule has 1 atom stereocenters. The third kappa shape index (κ3) is 8.00. The zero-order valence-corrected chi connectivity index (χ0v) is 14.2. The number of carboxylic acids is 2. The molecule has 0 spiro atoms. The van der Waals surface area contributed by atoms with E-state index in [4.69, 9.17) is 20.7 Å². The Morgan fingerprint density at radius 1 is 1.35 bits per heavy atom. The highest BCUT2D eigenvalue weighted by atomic mass is 16.6. The molecule has 2 rings (SSSR count). The Morgan fingerprint density at radius 3 is 2.54 bits per heavy atom. The number of morpholine rings is 1. The van der Waals surface area contributed by atoms with Crippen LogP contribution in [-0.4, -0.2) is 80.4 Å². The van der Waals surface area contributed by atoms with Crippen molar-refractivity contribution in [3.63, 3.8) is 0 Å². The molecule has 26 heavy (non-hydrogen) atoms. The number of carbonyl (C=O) groups is 2. The predicted molar refractivity (Wildman–Crippen MR) is 88.6 cm³/mol. The van der Waals surface area contributed by atoms with Crippen LogP contribution in [0.1, 0.15) is 12.8 Å². The van der Waals surface area contributed by atoms with Gasteiger partial charge in [0, 0.05) is 26.1 Å². The van der Waals surface area contributed by atoms with Gasteiger partial charge in [-0.1, -0.05) is 0 Å². The Morgan fingerprint density at radius 2 is 2.00 bits per heavy atom. The second kappa shape index (κ2) is 11.1. The average Bonchev–Trinajstić information content (AvgIpc) is 3.08. The molecule has 0 bridgehead atoms. The highest BCUT2D eigenvalue weighted by Gasteiger charge is 2.15. The highest BCUT2D eigenvalue weighted by Crippen LogP contribution is 2.09. The van der Waals surface area contributed by atoms with E-state index in [0.29, 0.717) is 6.54 Å². The first-order chi connectivity index (χ1) is 12.3. The van der Waals surface area contributed by atoms with Crippen LogP contribution in [0.15, 0.2) is 12.5 Å². The number of nitro groups is 1. The zero-order chi connectivity index (χ0) is 19.5. The summed E-state index contributed by atoms with van der Waals surface area (Å²) in [6, 6.07) is -1.06. The van der Waals surface area contributed by atoms with Gasteiger partial charge in [0.15, 0.2) is 6.33 Å².